The lowest BCUT2D eigenvalue weighted by Gasteiger charge is -2.16. The van der Waals surface area contributed by atoms with E-state index in [1.807, 2.05) is 24.3 Å². The maximum Gasteiger partial charge on any atom is 0.311 e. The van der Waals surface area contributed by atoms with Crippen LogP contribution in [-0.4, -0.2) is 10.6 Å². The Morgan fingerprint density at radius 3 is 2.35 bits per heavy atom. The predicted octanol–water partition coefficient (Wildman–Crippen LogP) is 8.82. The van der Waals surface area contributed by atoms with E-state index in [4.69, 9.17) is 4.74 Å². The molecule has 2 aromatic rings. The number of thiol groups is 1. The zero-order valence-corrected chi connectivity index (χ0v) is 22.2. The second-order valence-electron chi connectivity index (χ2n) is 9.09. The van der Waals surface area contributed by atoms with Gasteiger partial charge in [0.05, 0.1) is 4.58 Å². The number of hydrogen-bond donors (Lipinski definition) is 1. The quantitative estimate of drug-likeness (QED) is 0.0770. The first-order valence-electron chi connectivity index (χ1n) is 12.5. The SMILES string of the molecule is O=C(CCCCCCCCCC1=CCc2ccccc2C1)Oc1ccc(C2=CC(S)SS2)cc1. The molecule has 0 amide bonds. The van der Waals surface area contributed by atoms with Crippen LogP contribution in [-0.2, 0) is 17.6 Å². The third-order valence-electron chi connectivity index (χ3n) is 6.43. The summed E-state index contributed by atoms with van der Waals surface area (Å²) >= 11 is 4.46. The van der Waals surface area contributed by atoms with Crippen LogP contribution in [0.3, 0.4) is 0 Å². The van der Waals surface area contributed by atoms with Crippen LogP contribution >= 0.6 is 34.2 Å². The van der Waals surface area contributed by atoms with Gasteiger partial charge in [0.15, 0.2) is 0 Å². The van der Waals surface area contributed by atoms with Crippen LogP contribution in [0.2, 0.25) is 0 Å². The molecule has 0 N–H and O–H groups in total. The molecule has 1 atom stereocenters. The minimum absolute atomic E-state index is 0.129. The summed E-state index contributed by atoms with van der Waals surface area (Å²) in [6.07, 6.45) is 16.9. The zero-order valence-electron chi connectivity index (χ0n) is 19.7. The molecule has 1 unspecified atom stereocenters. The summed E-state index contributed by atoms with van der Waals surface area (Å²) in [5.41, 5.74) is 5.78. The summed E-state index contributed by atoms with van der Waals surface area (Å²) in [5.74, 6) is 0.500. The second kappa shape index (κ2) is 13.5. The smallest absolute Gasteiger partial charge is 0.311 e. The highest BCUT2D eigenvalue weighted by atomic mass is 33.1. The number of allylic oxidation sites excluding steroid dienone is 2. The van der Waals surface area contributed by atoms with Crippen molar-refractivity contribution in [3.63, 3.8) is 0 Å². The first-order chi connectivity index (χ1) is 16.7. The fourth-order valence-electron chi connectivity index (χ4n) is 4.50. The molecule has 4 rings (SSSR count). The molecule has 2 nitrogen and oxygen atoms in total. The van der Waals surface area contributed by atoms with E-state index < -0.39 is 0 Å². The predicted molar refractivity (Wildman–Crippen MR) is 151 cm³/mol. The molecule has 2 aliphatic rings. The fraction of sp³-hybridized carbons (Fsp3) is 0.414. The number of fused-ring (bicyclic) bond motifs is 1. The van der Waals surface area contributed by atoms with E-state index in [2.05, 4.69) is 49.0 Å². The molecule has 2 aromatic carbocycles. The monoisotopic (exact) mass is 510 g/mol. The van der Waals surface area contributed by atoms with Gasteiger partial charge in [0, 0.05) is 11.3 Å². The Kier molecular flexibility index (Phi) is 10.1. The maximum absolute atomic E-state index is 12.1. The summed E-state index contributed by atoms with van der Waals surface area (Å²) in [5, 5.41) is 0. The molecule has 0 saturated carbocycles. The second-order valence-corrected chi connectivity index (χ2v) is 12.4. The van der Waals surface area contributed by atoms with Crippen LogP contribution in [0.5, 0.6) is 5.75 Å². The van der Waals surface area contributed by atoms with E-state index in [0.29, 0.717) is 12.2 Å². The molecule has 1 aliphatic heterocycles. The summed E-state index contributed by atoms with van der Waals surface area (Å²) in [6, 6.07) is 16.6. The lowest BCUT2D eigenvalue weighted by atomic mass is 9.89. The number of carbonyl (C=O) groups excluding carboxylic acids is 1. The van der Waals surface area contributed by atoms with Gasteiger partial charge >= 0.3 is 5.97 Å². The highest BCUT2D eigenvalue weighted by Crippen LogP contribution is 2.48. The van der Waals surface area contributed by atoms with Crippen LogP contribution in [0, 0.1) is 0 Å². The van der Waals surface area contributed by atoms with Crippen LogP contribution in [0.1, 0.15) is 74.5 Å². The summed E-state index contributed by atoms with van der Waals surface area (Å²) in [6.45, 7) is 0. The number of unbranched alkanes of at least 4 members (excludes halogenated alkanes) is 6. The fourth-order valence-corrected chi connectivity index (χ4v) is 7.27. The molecule has 1 aliphatic carbocycles. The normalized spacial score (nSPS) is 17.1. The van der Waals surface area contributed by atoms with Crippen molar-refractivity contribution in [3.05, 3.63) is 82.9 Å². The minimum atomic E-state index is -0.129. The number of rotatable bonds is 12. The lowest BCUT2D eigenvalue weighted by molar-refractivity contribution is -0.134. The van der Waals surface area contributed by atoms with Gasteiger partial charge in [-0.3, -0.25) is 4.79 Å². The molecule has 0 fully saturated rings. The molecular formula is C29H34O2S3. The summed E-state index contributed by atoms with van der Waals surface area (Å²) in [4.78, 5) is 13.4. The molecule has 0 saturated heterocycles. The number of esters is 1. The largest absolute Gasteiger partial charge is 0.427 e. The van der Waals surface area contributed by atoms with Crippen molar-refractivity contribution >= 4 is 45.1 Å². The van der Waals surface area contributed by atoms with Gasteiger partial charge in [-0.1, -0.05) is 102 Å². The molecule has 180 valence electrons. The van der Waals surface area contributed by atoms with Crippen molar-refractivity contribution in [1.82, 2.24) is 0 Å². The van der Waals surface area contributed by atoms with Crippen LogP contribution in [0.15, 0.2) is 66.3 Å². The highest BCUT2D eigenvalue weighted by Gasteiger charge is 2.15. The Labute approximate surface area is 217 Å². The van der Waals surface area contributed by atoms with Gasteiger partial charge in [-0.2, -0.15) is 12.6 Å². The molecule has 1 heterocycles. The summed E-state index contributed by atoms with van der Waals surface area (Å²) < 4.78 is 5.75. The van der Waals surface area contributed by atoms with E-state index in [1.165, 1.54) is 54.6 Å². The van der Waals surface area contributed by atoms with E-state index in [1.54, 1.807) is 27.2 Å². The van der Waals surface area contributed by atoms with Crippen molar-refractivity contribution in [1.29, 1.82) is 0 Å². The van der Waals surface area contributed by atoms with E-state index in [-0.39, 0.29) is 10.6 Å². The number of ether oxygens (including phenoxy) is 1. The van der Waals surface area contributed by atoms with Crippen LogP contribution in [0.4, 0.5) is 0 Å². The Morgan fingerprint density at radius 1 is 0.912 bits per heavy atom. The van der Waals surface area contributed by atoms with Crippen molar-refractivity contribution in [2.24, 2.45) is 0 Å². The molecule has 0 spiro atoms. The Morgan fingerprint density at radius 2 is 1.62 bits per heavy atom. The molecule has 0 bridgehead atoms. The Balaban J connectivity index is 1.01. The molecule has 0 radical (unpaired) electrons. The van der Waals surface area contributed by atoms with Gasteiger partial charge in [-0.15, -0.1) is 0 Å². The van der Waals surface area contributed by atoms with Gasteiger partial charge in [0.25, 0.3) is 0 Å². The lowest BCUT2D eigenvalue weighted by Crippen LogP contribution is -2.07. The molecule has 5 heteroatoms. The molecule has 0 aromatic heterocycles. The first-order valence-corrected chi connectivity index (χ1v) is 15.2. The van der Waals surface area contributed by atoms with Crippen LogP contribution in [0.25, 0.3) is 4.91 Å². The van der Waals surface area contributed by atoms with Gasteiger partial charge in [0.2, 0.25) is 0 Å². The standard InChI is InChI=1S/C29H34O2S3/c30-28(31-26-18-16-24(17-19-26)27-21-29(32)34-33-27)13-7-5-3-1-2-4-6-10-22-14-15-23-11-8-9-12-25(23)20-22/h8-9,11-12,14,16-19,21,29,32H,1-7,10,13,15,20H2. The van der Waals surface area contributed by atoms with E-state index in [0.717, 1.165) is 31.2 Å². The topological polar surface area (TPSA) is 26.3 Å². The van der Waals surface area contributed by atoms with Crippen molar-refractivity contribution in [2.45, 2.75) is 75.2 Å². The third kappa shape index (κ3) is 8.00. The highest BCUT2D eigenvalue weighted by molar-refractivity contribution is 8.82. The average Bonchev–Trinajstić information content (AvgIpc) is 3.29. The minimum Gasteiger partial charge on any atom is -0.427 e. The Bertz CT molecular complexity index is 1010. The summed E-state index contributed by atoms with van der Waals surface area (Å²) in [7, 11) is 3.48. The first kappa shape index (κ1) is 25.5. The average molecular weight is 511 g/mol. The van der Waals surface area contributed by atoms with Crippen LogP contribution < -0.4 is 4.74 Å². The third-order valence-corrected chi connectivity index (χ3v) is 9.75. The number of benzene rings is 2. The Hall–Kier alpha value is -1.56. The molecular weight excluding hydrogens is 477 g/mol. The van der Waals surface area contributed by atoms with Crippen molar-refractivity contribution in [2.75, 3.05) is 0 Å². The van der Waals surface area contributed by atoms with Gasteiger partial charge in [-0.05, 0) is 67.0 Å². The maximum atomic E-state index is 12.1. The zero-order chi connectivity index (χ0) is 23.6. The number of carbonyl (C=O) groups is 1. The van der Waals surface area contributed by atoms with Gasteiger partial charge in [-0.25, -0.2) is 0 Å². The molecule has 34 heavy (non-hydrogen) atoms. The van der Waals surface area contributed by atoms with Crippen molar-refractivity contribution in [3.8, 4) is 5.75 Å². The van der Waals surface area contributed by atoms with E-state index in [9.17, 15) is 4.79 Å². The number of hydrogen-bond acceptors (Lipinski definition) is 5. The van der Waals surface area contributed by atoms with E-state index >= 15 is 0 Å². The van der Waals surface area contributed by atoms with Crippen molar-refractivity contribution < 1.29 is 9.53 Å². The van der Waals surface area contributed by atoms with Gasteiger partial charge < -0.3 is 4.74 Å². The van der Waals surface area contributed by atoms with Gasteiger partial charge in [0.1, 0.15) is 5.75 Å².